The smallest absolute Gasteiger partial charge is 0.141 e. The fourth-order valence-corrected chi connectivity index (χ4v) is 2.87. The van der Waals surface area contributed by atoms with Gasteiger partial charge in [-0.2, -0.15) is 0 Å². The highest BCUT2D eigenvalue weighted by atomic mass is 32.1. The zero-order chi connectivity index (χ0) is 14.4. The van der Waals surface area contributed by atoms with Crippen LogP contribution in [0.1, 0.15) is 35.9 Å². The molecule has 0 bridgehead atoms. The summed E-state index contributed by atoms with van der Waals surface area (Å²) in [7, 11) is 0. The van der Waals surface area contributed by atoms with E-state index in [2.05, 4.69) is 28.8 Å². The molecule has 0 aliphatic rings. The molecule has 4 nitrogen and oxygen atoms in total. The molecule has 5 heteroatoms. The van der Waals surface area contributed by atoms with Crippen molar-refractivity contribution in [3.8, 4) is 0 Å². The van der Waals surface area contributed by atoms with Crippen molar-refractivity contribution in [1.29, 1.82) is 0 Å². The lowest BCUT2D eigenvalue weighted by atomic mass is 10.0. The second-order valence-corrected chi connectivity index (χ2v) is 5.64. The lowest BCUT2D eigenvalue weighted by Gasteiger charge is -2.23. The Morgan fingerprint density at radius 3 is 2.65 bits per heavy atom. The molecule has 0 spiro atoms. The standard InChI is InChI=1S/C15H19N3OS/c1-11(14-8-5-9-20-14)17-13(10-15(16)18-19)12-6-3-2-4-7-12/h2-9,11,13,17,19H,10H2,1H3,(H2,16,18)/t11-,13?/m0/s1. The molecule has 1 unspecified atom stereocenters. The van der Waals surface area contributed by atoms with E-state index in [1.165, 1.54) is 4.88 Å². The van der Waals surface area contributed by atoms with E-state index in [4.69, 9.17) is 10.9 Å². The Labute approximate surface area is 122 Å². The fourth-order valence-electron chi connectivity index (χ4n) is 2.13. The normalized spacial score (nSPS) is 14.9. The van der Waals surface area contributed by atoms with Crippen LogP contribution in [0, 0.1) is 0 Å². The van der Waals surface area contributed by atoms with E-state index in [1.807, 2.05) is 36.4 Å². The number of hydrogen-bond acceptors (Lipinski definition) is 4. The second-order valence-electron chi connectivity index (χ2n) is 4.66. The van der Waals surface area contributed by atoms with Crippen LogP contribution < -0.4 is 11.1 Å². The predicted octanol–water partition coefficient (Wildman–Crippen LogP) is 3.28. The summed E-state index contributed by atoms with van der Waals surface area (Å²) >= 11 is 1.72. The van der Waals surface area contributed by atoms with Crippen LogP contribution in [0.5, 0.6) is 0 Å². The van der Waals surface area contributed by atoms with Gasteiger partial charge in [-0.25, -0.2) is 0 Å². The lowest BCUT2D eigenvalue weighted by molar-refractivity contribution is 0.315. The number of thiophene rings is 1. The van der Waals surface area contributed by atoms with Crippen molar-refractivity contribution in [3.63, 3.8) is 0 Å². The van der Waals surface area contributed by atoms with Crippen molar-refractivity contribution >= 4 is 17.2 Å². The summed E-state index contributed by atoms with van der Waals surface area (Å²) in [6.45, 7) is 2.12. The van der Waals surface area contributed by atoms with Gasteiger partial charge in [-0.05, 0) is 23.9 Å². The first-order chi connectivity index (χ1) is 9.70. The number of hydrogen-bond donors (Lipinski definition) is 3. The van der Waals surface area contributed by atoms with Crippen molar-refractivity contribution in [3.05, 3.63) is 58.3 Å². The predicted molar refractivity (Wildman–Crippen MR) is 83.1 cm³/mol. The number of benzene rings is 1. The summed E-state index contributed by atoms with van der Waals surface area (Å²) in [5, 5.41) is 17.5. The average Bonchev–Trinajstić information content (AvgIpc) is 3.01. The maximum absolute atomic E-state index is 8.79. The van der Waals surface area contributed by atoms with Gasteiger partial charge in [0.2, 0.25) is 0 Å². The SMILES string of the molecule is C[C@H](NC(C/C(N)=N/O)c1ccccc1)c1cccs1. The van der Waals surface area contributed by atoms with Gasteiger partial charge in [-0.15, -0.1) is 11.3 Å². The molecule has 2 aromatic rings. The minimum Gasteiger partial charge on any atom is -0.409 e. The topological polar surface area (TPSA) is 70.6 Å². The molecule has 0 fully saturated rings. The fraction of sp³-hybridized carbons (Fsp3) is 0.267. The third kappa shape index (κ3) is 3.82. The van der Waals surface area contributed by atoms with Gasteiger partial charge in [0.1, 0.15) is 5.84 Å². The van der Waals surface area contributed by atoms with Crippen molar-refractivity contribution in [1.82, 2.24) is 5.32 Å². The molecule has 0 radical (unpaired) electrons. The zero-order valence-corrected chi connectivity index (χ0v) is 12.2. The minimum absolute atomic E-state index is 0.0178. The molecular formula is C15H19N3OS. The molecule has 0 amide bonds. The number of oxime groups is 1. The number of rotatable bonds is 6. The Morgan fingerprint density at radius 1 is 1.30 bits per heavy atom. The van der Waals surface area contributed by atoms with Gasteiger partial charge in [0.25, 0.3) is 0 Å². The van der Waals surface area contributed by atoms with Crippen molar-refractivity contribution < 1.29 is 5.21 Å². The Kier molecular flexibility index (Phi) is 5.15. The maximum atomic E-state index is 8.79. The largest absolute Gasteiger partial charge is 0.409 e. The van der Waals surface area contributed by atoms with Crippen LogP contribution in [0.2, 0.25) is 0 Å². The number of nitrogens with one attached hydrogen (secondary N) is 1. The van der Waals surface area contributed by atoms with Gasteiger partial charge in [-0.3, -0.25) is 0 Å². The average molecular weight is 289 g/mol. The monoisotopic (exact) mass is 289 g/mol. The third-order valence-electron chi connectivity index (χ3n) is 3.16. The van der Waals surface area contributed by atoms with E-state index in [1.54, 1.807) is 11.3 Å². The number of amidine groups is 1. The summed E-state index contributed by atoms with van der Waals surface area (Å²) in [5.41, 5.74) is 6.80. The highest BCUT2D eigenvalue weighted by Crippen LogP contribution is 2.24. The lowest BCUT2D eigenvalue weighted by Crippen LogP contribution is -2.28. The molecule has 106 valence electrons. The van der Waals surface area contributed by atoms with E-state index in [0.717, 1.165) is 5.56 Å². The molecule has 0 saturated carbocycles. The van der Waals surface area contributed by atoms with Crippen LogP contribution in [0.4, 0.5) is 0 Å². The zero-order valence-electron chi connectivity index (χ0n) is 11.4. The van der Waals surface area contributed by atoms with Crippen LogP contribution in [0.3, 0.4) is 0 Å². The van der Waals surface area contributed by atoms with Gasteiger partial charge in [0, 0.05) is 23.4 Å². The molecule has 2 rings (SSSR count). The first-order valence-corrected chi connectivity index (χ1v) is 7.39. The first-order valence-electron chi connectivity index (χ1n) is 6.51. The van der Waals surface area contributed by atoms with E-state index >= 15 is 0 Å². The first kappa shape index (κ1) is 14.6. The van der Waals surface area contributed by atoms with Gasteiger partial charge < -0.3 is 16.3 Å². The van der Waals surface area contributed by atoms with Crippen LogP contribution in [0.25, 0.3) is 0 Å². The van der Waals surface area contributed by atoms with Crippen LogP contribution in [-0.4, -0.2) is 11.0 Å². The van der Waals surface area contributed by atoms with Gasteiger partial charge in [0.15, 0.2) is 0 Å². The van der Waals surface area contributed by atoms with E-state index in [9.17, 15) is 0 Å². The number of nitrogens with zero attached hydrogens (tertiary/aromatic N) is 1. The molecule has 1 heterocycles. The number of nitrogens with two attached hydrogens (primary N) is 1. The van der Waals surface area contributed by atoms with Gasteiger partial charge in [-0.1, -0.05) is 41.6 Å². The Morgan fingerprint density at radius 2 is 2.05 bits per heavy atom. The molecule has 0 aliphatic carbocycles. The highest BCUT2D eigenvalue weighted by Gasteiger charge is 2.17. The molecular weight excluding hydrogens is 270 g/mol. The molecule has 0 aliphatic heterocycles. The highest BCUT2D eigenvalue weighted by molar-refractivity contribution is 7.10. The van der Waals surface area contributed by atoms with Gasteiger partial charge in [0.05, 0.1) is 0 Å². The maximum Gasteiger partial charge on any atom is 0.141 e. The minimum atomic E-state index is 0.0178. The van der Waals surface area contributed by atoms with Crippen molar-refractivity contribution in [2.45, 2.75) is 25.4 Å². The van der Waals surface area contributed by atoms with Gasteiger partial charge >= 0.3 is 0 Å². The van der Waals surface area contributed by atoms with E-state index in [0.29, 0.717) is 6.42 Å². The summed E-state index contributed by atoms with van der Waals surface area (Å²) in [6, 6.07) is 14.4. The molecule has 20 heavy (non-hydrogen) atoms. The summed E-state index contributed by atoms with van der Waals surface area (Å²) in [4.78, 5) is 1.27. The van der Waals surface area contributed by atoms with Crippen LogP contribution in [0.15, 0.2) is 53.0 Å². The quantitative estimate of drug-likeness (QED) is 0.331. The summed E-state index contributed by atoms with van der Waals surface area (Å²) < 4.78 is 0. The molecule has 0 saturated heterocycles. The van der Waals surface area contributed by atoms with E-state index < -0.39 is 0 Å². The third-order valence-corrected chi connectivity index (χ3v) is 4.22. The molecule has 1 aromatic carbocycles. The summed E-state index contributed by atoms with van der Waals surface area (Å²) in [5.74, 6) is 0.227. The second kappa shape index (κ2) is 7.07. The Bertz CT molecular complexity index is 540. The van der Waals surface area contributed by atoms with Crippen molar-refractivity contribution in [2.24, 2.45) is 10.9 Å². The Hall–Kier alpha value is -1.85. The Balaban J connectivity index is 2.14. The van der Waals surface area contributed by atoms with Crippen LogP contribution in [-0.2, 0) is 0 Å². The summed E-state index contributed by atoms with van der Waals surface area (Å²) in [6.07, 6.45) is 0.468. The molecule has 4 N–H and O–H groups in total. The van der Waals surface area contributed by atoms with Crippen molar-refractivity contribution in [2.75, 3.05) is 0 Å². The molecule has 1 aromatic heterocycles. The molecule has 2 atom stereocenters. The van der Waals surface area contributed by atoms with E-state index in [-0.39, 0.29) is 17.9 Å². The van der Waals surface area contributed by atoms with Crippen LogP contribution >= 0.6 is 11.3 Å².